The number of amides is 2. The van der Waals surface area contributed by atoms with Crippen molar-refractivity contribution in [1.29, 1.82) is 0 Å². The zero-order chi connectivity index (χ0) is 34.9. The number of alkyl carbamates (subject to hydrolysis) is 1. The average Bonchev–Trinajstić information content (AvgIpc) is 3.14. The van der Waals surface area contributed by atoms with Gasteiger partial charge in [-0.1, -0.05) is 48.5 Å². The number of hydrogen-bond acceptors (Lipinski definition) is 8. The largest absolute Gasteiger partial charge is 1.00 e. The van der Waals surface area contributed by atoms with Gasteiger partial charge in [0.2, 0.25) is 12.7 Å². The van der Waals surface area contributed by atoms with E-state index in [0.29, 0.717) is 28.4 Å². The molecule has 1 saturated heterocycles. The summed E-state index contributed by atoms with van der Waals surface area (Å²) < 4.78 is 6.29. The van der Waals surface area contributed by atoms with Crippen LogP contribution >= 0.6 is 0 Å². The van der Waals surface area contributed by atoms with Gasteiger partial charge < -0.3 is 44.7 Å². The third kappa shape index (κ3) is 10.3. The number of aromatic nitrogens is 3. The van der Waals surface area contributed by atoms with Crippen LogP contribution in [0.25, 0.3) is 11.3 Å². The molecule has 1 aliphatic rings. The number of carbonyl (C=O) groups is 2. The lowest BCUT2D eigenvalue weighted by Crippen LogP contribution is -3.00. The Hall–Kier alpha value is -4.92. The molecule has 6 rings (SSSR count). The molecule has 12 heteroatoms. The van der Waals surface area contributed by atoms with Crippen molar-refractivity contribution in [2.24, 2.45) is 0 Å². The summed E-state index contributed by atoms with van der Waals surface area (Å²) in [6.45, 7) is 8.56. The van der Waals surface area contributed by atoms with E-state index in [-0.39, 0.29) is 35.9 Å². The summed E-state index contributed by atoms with van der Waals surface area (Å²) in [7, 11) is 2.13. The molecule has 0 radical (unpaired) electrons. The van der Waals surface area contributed by atoms with E-state index in [9.17, 15) is 9.59 Å². The van der Waals surface area contributed by atoms with Gasteiger partial charge in [0.1, 0.15) is 0 Å². The van der Waals surface area contributed by atoms with Crippen LogP contribution in [0.5, 0.6) is 0 Å². The van der Waals surface area contributed by atoms with Crippen molar-refractivity contribution in [3.05, 3.63) is 132 Å². The van der Waals surface area contributed by atoms with Gasteiger partial charge in [-0.25, -0.2) is 14.8 Å². The van der Waals surface area contributed by atoms with E-state index in [1.807, 2.05) is 105 Å². The maximum Gasteiger partial charge on any atom is 0.411 e. The molecule has 0 saturated carbocycles. The topological polar surface area (TPSA) is 121 Å². The molecule has 51 heavy (non-hydrogen) atoms. The number of aryl methyl sites for hydroxylation is 1. The van der Waals surface area contributed by atoms with Gasteiger partial charge in [-0.2, -0.15) is 0 Å². The second-order valence-electron chi connectivity index (χ2n) is 13.0. The molecule has 1 aliphatic heterocycles. The molecule has 3 heterocycles. The van der Waals surface area contributed by atoms with Crippen molar-refractivity contribution in [2.75, 3.05) is 50.6 Å². The second-order valence-corrected chi connectivity index (χ2v) is 13.0. The van der Waals surface area contributed by atoms with Gasteiger partial charge in [0, 0.05) is 60.7 Å². The molecule has 2 amide bonds. The van der Waals surface area contributed by atoms with Crippen LogP contribution < -0.4 is 39.9 Å². The van der Waals surface area contributed by atoms with Crippen LogP contribution in [0.3, 0.4) is 0 Å². The van der Waals surface area contributed by atoms with Crippen LogP contribution in [0, 0.1) is 6.92 Å². The predicted molar refractivity (Wildman–Crippen MR) is 195 cm³/mol. The van der Waals surface area contributed by atoms with E-state index in [0.717, 1.165) is 66.4 Å². The molecule has 0 spiro atoms. The first kappa shape index (κ1) is 37.3. The van der Waals surface area contributed by atoms with E-state index in [1.54, 1.807) is 18.6 Å². The minimum absolute atomic E-state index is 0. The van der Waals surface area contributed by atoms with Gasteiger partial charge in [-0.3, -0.25) is 19.2 Å². The maximum absolute atomic E-state index is 13.2. The van der Waals surface area contributed by atoms with Gasteiger partial charge >= 0.3 is 6.09 Å². The molecule has 1 atom stereocenters. The third-order valence-corrected chi connectivity index (χ3v) is 9.03. The van der Waals surface area contributed by atoms with Gasteiger partial charge in [0.05, 0.1) is 31.9 Å². The van der Waals surface area contributed by atoms with E-state index < -0.39 is 6.09 Å². The number of nitrogens with one attached hydrogen (secondary N) is 3. The summed E-state index contributed by atoms with van der Waals surface area (Å²) in [6.07, 6.45) is 4.79. The number of quaternary nitrogens is 1. The fourth-order valence-corrected chi connectivity index (χ4v) is 5.81. The van der Waals surface area contributed by atoms with E-state index in [1.165, 1.54) is 0 Å². The molecule has 3 aromatic carbocycles. The summed E-state index contributed by atoms with van der Waals surface area (Å²) in [5.74, 6) is 0.269. The first-order valence-electron chi connectivity index (χ1n) is 16.8. The van der Waals surface area contributed by atoms with Gasteiger partial charge in [0.15, 0.2) is 0 Å². The highest BCUT2D eigenvalue weighted by Gasteiger charge is 2.30. The van der Waals surface area contributed by atoms with E-state index >= 15 is 0 Å². The fourth-order valence-electron chi connectivity index (χ4n) is 5.81. The zero-order valence-corrected chi connectivity index (χ0v) is 31.2. The number of piperazine rings is 1. The molecular formula is C39H43IN8O3. The zero-order valence-electron chi connectivity index (χ0n) is 29.1. The molecule has 3 N–H and O–H groups in total. The Balaban J connectivity index is 0.00000504. The van der Waals surface area contributed by atoms with Crippen LogP contribution in [0.2, 0.25) is 0 Å². The lowest BCUT2D eigenvalue weighted by Gasteiger charge is -2.41. The molecule has 0 unspecified atom stereocenters. The monoisotopic (exact) mass is 798 g/mol. The molecule has 5 aromatic rings. The lowest BCUT2D eigenvalue weighted by molar-refractivity contribution is -0.929. The highest BCUT2D eigenvalue weighted by Crippen LogP contribution is 2.25. The quantitative estimate of drug-likeness (QED) is 0.137. The Morgan fingerprint density at radius 2 is 1.71 bits per heavy atom. The predicted octanol–water partition coefficient (Wildman–Crippen LogP) is 3.55. The lowest BCUT2D eigenvalue weighted by atomic mass is 10.1. The number of pyridine rings is 1. The molecule has 0 bridgehead atoms. The number of likely N-dealkylation sites (N-methyl/N-ethyl adjacent to an activating group) is 1. The highest BCUT2D eigenvalue weighted by atomic mass is 127. The van der Waals surface area contributed by atoms with Gasteiger partial charge in [-0.05, 0) is 73.0 Å². The summed E-state index contributed by atoms with van der Waals surface area (Å²) >= 11 is 0. The Kier molecular flexibility index (Phi) is 12.7. The van der Waals surface area contributed by atoms with Gasteiger partial charge in [-0.15, -0.1) is 0 Å². The smallest absolute Gasteiger partial charge is 0.411 e. The number of hydrogen-bond donors (Lipinski definition) is 3. The number of ether oxygens (including phenoxy) is 1. The number of anilines is 3. The van der Waals surface area contributed by atoms with Crippen LogP contribution in [0.1, 0.15) is 40.0 Å². The Labute approximate surface area is 316 Å². The van der Waals surface area contributed by atoms with E-state index in [4.69, 9.17) is 4.74 Å². The Bertz CT molecular complexity index is 1900. The van der Waals surface area contributed by atoms with Crippen molar-refractivity contribution in [3.8, 4) is 11.3 Å². The SMILES string of the molecule is Cc1ccc(NC(=O)c2ccc(CN3CC[N+](C)(COC(=O)N[C@@H](C)c4ccccc4)CC3)cc2)cc1Nc1nccc(-c2cccnc2)n1.[I-]. The molecule has 264 valence electrons. The van der Waals surface area contributed by atoms with Crippen molar-refractivity contribution < 1.29 is 42.8 Å². The first-order valence-corrected chi connectivity index (χ1v) is 16.8. The van der Waals surface area contributed by atoms with Crippen molar-refractivity contribution in [1.82, 2.24) is 25.2 Å². The summed E-state index contributed by atoms with van der Waals surface area (Å²) in [6, 6.07) is 28.8. The fraction of sp³-hybridized carbons (Fsp3) is 0.256. The normalized spacial score (nSPS) is 14.4. The van der Waals surface area contributed by atoms with E-state index in [2.05, 4.69) is 42.8 Å². The first-order chi connectivity index (χ1) is 24.2. The minimum Gasteiger partial charge on any atom is -1.00 e. The molecular weight excluding hydrogens is 755 g/mol. The number of benzene rings is 3. The molecule has 2 aromatic heterocycles. The number of carbonyl (C=O) groups excluding carboxylic acids is 2. The minimum atomic E-state index is -0.399. The number of nitrogens with zero attached hydrogens (tertiary/aromatic N) is 5. The van der Waals surface area contributed by atoms with Crippen LogP contribution in [-0.2, 0) is 11.3 Å². The maximum atomic E-state index is 13.2. The van der Waals surface area contributed by atoms with Crippen molar-refractivity contribution in [3.63, 3.8) is 0 Å². The van der Waals surface area contributed by atoms with Crippen molar-refractivity contribution >= 4 is 29.3 Å². The summed E-state index contributed by atoms with van der Waals surface area (Å²) in [5.41, 5.74) is 6.87. The molecule has 1 fully saturated rings. The average molecular weight is 799 g/mol. The third-order valence-electron chi connectivity index (χ3n) is 9.03. The Morgan fingerprint density at radius 3 is 2.43 bits per heavy atom. The second kappa shape index (κ2) is 17.3. The summed E-state index contributed by atoms with van der Waals surface area (Å²) in [4.78, 5) is 41.2. The standard InChI is InChI=1S/C39H42N8O3.HI/c1-28-11-16-34(24-36(28)45-38-41-19-17-35(44-38)33-10-7-18-40-25-33)43-37(48)32-14-12-30(13-15-32)26-46-20-22-47(3,23-21-46)27-50-39(49)42-29(2)31-8-5-4-6-9-31;/h4-19,24-25,29H,20-23,26-27H2,1-3H3,(H2-,41,42,43,44,45,48,49);1H/t29-;/m0./s1. The Morgan fingerprint density at radius 1 is 0.941 bits per heavy atom. The summed E-state index contributed by atoms with van der Waals surface area (Å²) in [5, 5.41) is 9.22. The van der Waals surface area contributed by atoms with Crippen LogP contribution in [-0.4, -0.2) is 76.3 Å². The van der Waals surface area contributed by atoms with Gasteiger partial charge in [0.25, 0.3) is 5.91 Å². The molecule has 0 aliphatic carbocycles. The highest BCUT2D eigenvalue weighted by molar-refractivity contribution is 6.04. The number of rotatable bonds is 11. The van der Waals surface area contributed by atoms with Crippen molar-refractivity contribution in [2.45, 2.75) is 26.4 Å². The molecule has 11 nitrogen and oxygen atoms in total. The van der Waals surface area contributed by atoms with Crippen LogP contribution in [0.15, 0.2) is 110 Å². The van der Waals surface area contributed by atoms with Crippen LogP contribution in [0.4, 0.5) is 22.1 Å². The number of halogens is 1.